The number of rotatable bonds is 5. The Bertz CT molecular complexity index is 1200. The Balaban J connectivity index is 1.88. The van der Waals surface area contributed by atoms with E-state index in [9.17, 15) is 8.42 Å². The number of fused-ring (bicyclic) bond motifs is 1. The first-order chi connectivity index (χ1) is 14.4. The first-order valence-corrected chi connectivity index (χ1v) is 11.5. The molecule has 12 heteroatoms. The van der Waals surface area contributed by atoms with Gasteiger partial charge in [-0.3, -0.25) is 5.10 Å². The molecule has 0 amide bonds. The largest absolute Gasteiger partial charge is 0.473 e. The van der Waals surface area contributed by atoms with E-state index in [-0.39, 0.29) is 23.7 Å². The van der Waals surface area contributed by atoms with Gasteiger partial charge in [0.25, 0.3) is 0 Å². The van der Waals surface area contributed by atoms with E-state index in [0.29, 0.717) is 42.1 Å². The molecule has 4 heterocycles. The van der Waals surface area contributed by atoms with Gasteiger partial charge in [-0.1, -0.05) is 6.92 Å². The Morgan fingerprint density at radius 1 is 1.40 bits per heavy atom. The average molecular weight is 436 g/mol. The Morgan fingerprint density at radius 3 is 2.77 bits per heavy atom. The molecular formula is C18H26N8O3S. The minimum absolute atomic E-state index is 0.00529. The maximum Gasteiger partial charge on any atom is 0.244 e. The van der Waals surface area contributed by atoms with Gasteiger partial charge in [-0.25, -0.2) is 17.7 Å². The van der Waals surface area contributed by atoms with Crippen LogP contribution in [-0.4, -0.2) is 67.9 Å². The maximum atomic E-state index is 12.0. The number of aromatic amines is 1. The van der Waals surface area contributed by atoms with Gasteiger partial charge in [-0.2, -0.15) is 14.6 Å². The molecule has 1 aliphatic heterocycles. The van der Waals surface area contributed by atoms with Crippen LogP contribution in [-0.2, 0) is 10.0 Å². The molecule has 1 saturated heterocycles. The standard InChI is InChI=1S/C18H26N8O3S/c1-10(2)29-17-14(12-7-20-21-8-12)22-15(16-23-18(19)24-26(16)17)13-5-6-25(9-11(13)3)30(4,27)28/h7-8,10-11,13H,5-6,9H2,1-4H3,(H2,19,24)(H,20,21)/t11-,13-/m0/s1/i10D. The molecule has 11 nitrogen and oxygen atoms in total. The highest BCUT2D eigenvalue weighted by atomic mass is 32.2. The molecule has 1 aliphatic rings. The van der Waals surface area contributed by atoms with E-state index < -0.39 is 16.1 Å². The molecule has 0 radical (unpaired) electrons. The zero-order valence-corrected chi connectivity index (χ0v) is 18.1. The van der Waals surface area contributed by atoms with Crippen molar-refractivity contribution in [2.24, 2.45) is 5.92 Å². The van der Waals surface area contributed by atoms with E-state index in [0.717, 1.165) is 0 Å². The first-order valence-electron chi connectivity index (χ1n) is 10.1. The van der Waals surface area contributed by atoms with Crippen molar-refractivity contribution >= 4 is 21.6 Å². The van der Waals surface area contributed by atoms with Gasteiger partial charge in [0.2, 0.25) is 21.9 Å². The van der Waals surface area contributed by atoms with Crippen LogP contribution in [0.4, 0.5) is 5.95 Å². The summed E-state index contributed by atoms with van der Waals surface area (Å²) >= 11 is 0. The Morgan fingerprint density at radius 2 is 2.17 bits per heavy atom. The minimum Gasteiger partial charge on any atom is -0.473 e. The monoisotopic (exact) mass is 435 g/mol. The maximum absolute atomic E-state index is 12.0. The molecular weight excluding hydrogens is 408 g/mol. The SMILES string of the molecule is [2H]C(C)(C)Oc1c(-c2cn[nH]c2)nc([C@H]2CCN(S(C)(=O)=O)C[C@@H]2C)c2nc(N)nn12. The van der Waals surface area contributed by atoms with Crippen molar-refractivity contribution in [2.75, 3.05) is 25.1 Å². The fourth-order valence-corrected chi connectivity index (χ4v) is 4.81. The summed E-state index contributed by atoms with van der Waals surface area (Å²) < 4.78 is 41.1. The number of H-pyrrole nitrogens is 1. The Kier molecular flexibility index (Phi) is 4.82. The van der Waals surface area contributed by atoms with Crippen molar-refractivity contribution < 1.29 is 14.5 Å². The van der Waals surface area contributed by atoms with E-state index in [1.165, 1.54) is 15.1 Å². The van der Waals surface area contributed by atoms with Crippen LogP contribution in [0.5, 0.6) is 5.88 Å². The summed E-state index contributed by atoms with van der Waals surface area (Å²) in [6.45, 7) is 5.99. The summed E-state index contributed by atoms with van der Waals surface area (Å²) in [5.41, 5.74) is 8.15. The lowest BCUT2D eigenvalue weighted by Gasteiger charge is -2.35. The van der Waals surface area contributed by atoms with E-state index in [1.54, 1.807) is 26.2 Å². The van der Waals surface area contributed by atoms with E-state index in [1.807, 2.05) is 6.92 Å². The van der Waals surface area contributed by atoms with Gasteiger partial charge in [0, 0.05) is 30.8 Å². The fraction of sp³-hybridized carbons (Fsp3) is 0.556. The smallest absolute Gasteiger partial charge is 0.244 e. The lowest BCUT2D eigenvalue weighted by Crippen LogP contribution is -2.41. The number of aromatic nitrogens is 6. The molecule has 3 aromatic heterocycles. The molecule has 3 N–H and O–H groups in total. The van der Waals surface area contributed by atoms with Gasteiger partial charge >= 0.3 is 0 Å². The second-order valence-corrected chi connectivity index (χ2v) is 9.83. The van der Waals surface area contributed by atoms with Gasteiger partial charge in [-0.05, 0) is 26.2 Å². The third kappa shape index (κ3) is 3.72. The molecule has 3 aromatic rings. The topological polar surface area (TPSA) is 144 Å². The Hall–Kier alpha value is -2.73. The fourth-order valence-electron chi connectivity index (χ4n) is 3.87. The van der Waals surface area contributed by atoms with Crippen LogP contribution in [0.25, 0.3) is 16.9 Å². The summed E-state index contributed by atoms with van der Waals surface area (Å²) in [4.78, 5) is 9.26. The first kappa shape index (κ1) is 19.2. The van der Waals surface area contributed by atoms with E-state index >= 15 is 0 Å². The van der Waals surface area contributed by atoms with Crippen LogP contribution < -0.4 is 10.5 Å². The minimum atomic E-state index is -3.27. The molecule has 4 rings (SSSR count). The normalized spacial score (nSPS) is 21.7. The highest BCUT2D eigenvalue weighted by Gasteiger charge is 2.35. The molecule has 162 valence electrons. The van der Waals surface area contributed by atoms with Crippen molar-refractivity contribution in [3.8, 4) is 17.1 Å². The third-order valence-corrected chi connectivity index (χ3v) is 6.51. The predicted molar refractivity (Wildman–Crippen MR) is 111 cm³/mol. The number of ether oxygens (including phenoxy) is 1. The van der Waals surface area contributed by atoms with Crippen LogP contribution in [0.1, 0.15) is 40.2 Å². The molecule has 0 aromatic carbocycles. The summed E-state index contributed by atoms with van der Waals surface area (Å²) in [7, 11) is -3.27. The molecule has 2 atom stereocenters. The van der Waals surface area contributed by atoms with Gasteiger partial charge in [0.1, 0.15) is 5.69 Å². The second kappa shape index (κ2) is 7.51. The number of nitrogens with one attached hydrogen (secondary N) is 1. The number of hydrogen-bond donors (Lipinski definition) is 2. The molecule has 30 heavy (non-hydrogen) atoms. The van der Waals surface area contributed by atoms with Crippen LogP contribution in [0, 0.1) is 5.92 Å². The van der Waals surface area contributed by atoms with Crippen LogP contribution in [0.2, 0.25) is 0 Å². The number of anilines is 1. The molecule has 0 saturated carbocycles. The quantitative estimate of drug-likeness (QED) is 0.609. The second-order valence-electron chi connectivity index (χ2n) is 7.85. The number of nitrogens with zero attached hydrogens (tertiary/aromatic N) is 6. The molecule has 0 aliphatic carbocycles. The van der Waals surface area contributed by atoms with Gasteiger partial charge in [-0.15, -0.1) is 5.10 Å². The van der Waals surface area contributed by atoms with Gasteiger partial charge in [0.15, 0.2) is 5.65 Å². The summed E-state index contributed by atoms with van der Waals surface area (Å²) in [5, 5.41) is 11.1. The van der Waals surface area contributed by atoms with Crippen molar-refractivity contribution in [3.63, 3.8) is 0 Å². The predicted octanol–water partition coefficient (Wildman–Crippen LogP) is 1.27. The highest BCUT2D eigenvalue weighted by Crippen LogP contribution is 2.38. The lowest BCUT2D eigenvalue weighted by molar-refractivity contribution is 0.225. The molecule has 0 unspecified atom stereocenters. The number of hydrogen-bond acceptors (Lipinski definition) is 8. The zero-order valence-electron chi connectivity index (χ0n) is 18.3. The number of piperidine rings is 1. The number of nitrogen functional groups attached to an aromatic ring is 1. The summed E-state index contributed by atoms with van der Waals surface area (Å²) in [6.07, 6.45) is 3.83. The van der Waals surface area contributed by atoms with Gasteiger partial charge in [0.05, 0.1) is 25.6 Å². The van der Waals surface area contributed by atoms with Gasteiger partial charge < -0.3 is 10.5 Å². The van der Waals surface area contributed by atoms with Crippen LogP contribution in [0.3, 0.4) is 0 Å². The Labute approximate surface area is 176 Å². The van der Waals surface area contributed by atoms with E-state index in [4.69, 9.17) is 16.8 Å². The molecule has 1 fully saturated rings. The van der Waals surface area contributed by atoms with Crippen molar-refractivity contribution in [1.29, 1.82) is 0 Å². The number of sulfonamides is 1. The summed E-state index contributed by atoms with van der Waals surface area (Å²) in [6, 6.07) is 0. The van der Waals surface area contributed by atoms with Crippen molar-refractivity contribution in [1.82, 2.24) is 34.1 Å². The highest BCUT2D eigenvalue weighted by molar-refractivity contribution is 7.88. The average Bonchev–Trinajstić information content (AvgIpc) is 3.30. The zero-order chi connectivity index (χ0) is 22.6. The lowest BCUT2D eigenvalue weighted by atomic mass is 9.85. The van der Waals surface area contributed by atoms with Crippen LogP contribution >= 0.6 is 0 Å². The van der Waals surface area contributed by atoms with Crippen molar-refractivity contribution in [3.05, 3.63) is 18.1 Å². The molecule has 0 bridgehead atoms. The molecule has 0 spiro atoms. The van der Waals surface area contributed by atoms with Crippen LogP contribution in [0.15, 0.2) is 12.4 Å². The number of nitrogens with two attached hydrogens (primary N) is 1. The van der Waals surface area contributed by atoms with Crippen molar-refractivity contribution in [2.45, 2.75) is 39.2 Å². The summed E-state index contributed by atoms with van der Waals surface area (Å²) in [5.74, 6) is 0.230. The van der Waals surface area contributed by atoms with E-state index in [2.05, 4.69) is 20.3 Å². The third-order valence-electron chi connectivity index (χ3n) is 5.24.